The quantitative estimate of drug-likeness (QED) is 0.561. The largest absolute Gasteiger partial charge is 0.362 e. The lowest BCUT2D eigenvalue weighted by atomic mass is 9.95. The molecule has 0 saturated heterocycles. The lowest BCUT2D eigenvalue weighted by Gasteiger charge is -2.31. The number of nitrogens with zero attached hydrogens (tertiary/aromatic N) is 2. The van der Waals surface area contributed by atoms with Gasteiger partial charge in [0.1, 0.15) is 5.70 Å². The summed E-state index contributed by atoms with van der Waals surface area (Å²) in [6.45, 7) is 7.31. The first-order valence-electron chi connectivity index (χ1n) is 11.0. The Morgan fingerprint density at radius 2 is 1.47 bits per heavy atom. The van der Waals surface area contributed by atoms with Gasteiger partial charge in [0.05, 0.1) is 11.3 Å². The Kier molecular flexibility index (Phi) is 4.93. The van der Waals surface area contributed by atoms with Crippen LogP contribution in [-0.4, -0.2) is 23.3 Å². The first-order chi connectivity index (χ1) is 15.5. The van der Waals surface area contributed by atoms with E-state index in [1.54, 1.807) is 0 Å². The van der Waals surface area contributed by atoms with Crippen LogP contribution in [0.5, 0.6) is 0 Å². The van der Waals surface area contributed by atoms with Crippen molar-refractivity contribution < 1.29 is 9.59 Å². The van der Waals surface area contributed by atoms with Crippen molar-refractivity contribution in [3.8, 4) is 0 Å². The van der Waals surface area contributed by atoms with E-state index in [9.17, 15) is 9.59 Å². The standard InChI is InChI=1S/C28H26N2O2/c1-18-12-13-23(20(3)16-18)25-26(29-15-14-21-9-5-6-10-22(21)17-29)28(32)30(27(25)31)24-11-7-4-8-19(24)2/h4-13,16H,14-15,17H2,1-3H3. The molecular weight excluding hydrogens is 396 g/mol. The van der Waals surface area contributed by atoms with Gasteiger partial charge in [-0.05, 0) is 61.1 Å². The number of para-hydroxylation sites is 1. The van der Waals surface area contributed by atoms with Crippen LogP contribution in [0.2, 0.25) is 0 Å². The second-order valence-corrected chi connectivity index (χ2v) is 8.71. The van der Waals surface area contributed by atoms with Crippen LogP contribution in [0.25, 0.3) is 5.57 Å². The summed E-state index contributed by atoms with van der Waals surface area (Å²) >= 11 is 0. The zero-order valence-corrected chi connectivity index (χ0v) is 18.7. The van der Waals surface area contributed by atoms with E-state index in [-0.39, 0.29) is 11.8 Å². The average Bonchev–Trinajstić information content (AvgIpc) is 3.04. The summed E-state index contributed by atoms with van der Waals surface area (Å²) in [5.41, 5.74) is 8.06. The van der Waals surface area contributed by atoms with E-state index in [0.29, 0.717) is 30.0 Å². The van der Waals surface area contributed by atoms with Crippen LogP contribution >= 0.6 is 0 Å². The van der Waals surface area contributed by atoms with Gasteiger partial charge < -0.3 is 4.90 Å². The molecule has 160 valence electrons. The summed E-state index contributed by atoms with van der Waals surface area (Å²) < 4.78 is 0. The number of imide groups is 1. The third-order valence-electron chi connectivity index (χ3n) is 6.51. The topological polar surface area (TPSA) is 40.6 Å². The fraction of sp³-hybridized carbons (Fsp3) is 0.214. The number of rotatable bonds is 3. The number of hydrogen-bond acceptors (Lipinski definition) is 3. The number of anilines is 1. The molecule has 2 aliphatic rings. The molecule has 4 nitrogen and oxygen atoms in total. The molecule has 2 amide bonds. The maximum Gasteiger partial charge on any atom is 0.282 e. The van der Waals surface area contributed by atoms with Crippen LogP contribution in [0, 0.1) is 20.8 Å². The van der Waals surface area contributed by atoms with Crippen LogP contribution in [0.3, 0.4) is 0 Å². The van der Waals surface area contributed by atoms with Gasteiger partial charge in [-0.2, -0.15) is 0 Å². The summed E-state index contributed by atoms with van der Waals surface area (Å²) in [5, 5.41) is 0. The zero-order valence-electron chi connectivity index (χ0n) is 18.7. The van der Waals surface area contributed by atoms with Gasteiger partial charge in [-0.1, -0.05) is 66.2 Å². The molecule has 0 aliphatic carbocycles. The maximum atomic E-state index is 13.8. The van der Waals surface area contributed by atoms with Gasteiger partial charge in [-0.25, -0.2) is 4.90 Å². The SMILES string of the molecule is Cc1ccc(C2=C(N3CCc4ccccc4C3)C(=O)N(c3ccccc3C)C2=O)c(C)c1. The highest BCUT2D eigenvalue weighted by atomic mass is 16.2. The minimum absolute atomic E-state index is 0.237. The predicted octanol–water partition coefficient (Wildman–Crippen LogP) is 4.95. The smallest absolute Gasteiger partial charge is 0.282 e. The van der Waals surface area contributed by atoms with Crippen molar-refractivity contribution in [3.63, 3.8) is 0 Å². The number of fused-ring (bicyclic) bond motifs is 1. The van der Waals surface area contributed by atoms with Gasteiger partial charge >= 0.3 is 0 Å². The van der Waals surface area contributed by atoms with E-state index in [2.05, 4.69) is 29.2 Å². The lowest BCUT2D eigenvalue weighted by Crippen LogP contribution is -2.37. The fourth-order valence-electron chi connectivity index (χ4n) is 4.87. The second kappa shape index (κ2) is 7.79. The molecule has 5 rings (SSSR count). The zero-order chi connectivity index (χ0) is 22.4. The average molecular weight is 423 g/mol. The molecule has 32 heavy (non-hydrogen) atoms. The van der Waals surface area contributed by atoms with Crippen molar-refractivity contribution in [3.05, 3.63) is 106 Å². The van der Waals surface area contributed by atoms with Crippen molar-refractivity contribution in [1.82, 2.24) is 4.90 Å². The number of amides is 2. The molecule has 0 unspecified atom stereocenters. The Labute approximate surface area is 188 Å². The molecule has 2 aliphatic heterocycles. The molecule has 0 radical (unpaired) electrons. The van der Waals surface area contributed by atoms with Gasteiger partial charge in [0.15, 0.2) is 0 Å². The Morgan fingerprint density at radius 3 is 2.22 bits per heavy atom. The third-order valence-corrected chi connectivity index (χ3v) is 6.51. The van der Waals surface area contributed by atoms with Crippen molar-refractivity contribution in [1.29, 1.82) is 0 Å². The van der Waals surface area contributed by atoms with E-state index in [1.165, 1.54) is 16.0 Å². The molecule has 0 saturated carbocycles. The lowest BCUT2D eigenvalue weighted by molar-refractivity contribution is -0.120. The molecule has 0 atom stereocenters. The molecule has 0 N–H and O–H groups in total. The molecule has 3 aromatic rings. The van der Waals surface area contributed by atoms with Gasteiger partial charge in [-0.3, -0.25) is 9.59 Å². The number of hydrogen-bond donors (Lipinski definition) is 0. The molecule has 0 spiro atoms. The van der Waals surface area contributed by atoms with Crippen LogP contribution < -0.4 is 4.90 Å². The molecule has 2 heterocycles. The second-order valence-electron chi connectivity index (χ2n) is 8.71. The van der Waals surface area contributed by atoms with Crippen molar-refractivity contribution in [2.75, 3.05) is 11.4 Å². The normalized spacial score (nSPS) is 16.1. The first kappa shape index (κ1) is 20.3. The van der Waals surface area contributed by atoms with E-state index >= 15 is 0 Å². The Balaban J connectivity index is 1.67. The summed E-state index contributed by atoms with van der Waals surface area (Å²) in [4.78, 5) is 31.1. The first-order valence-corrected chi connectivity index (χ1v) is 11.0. The third kappa shape index (κ3) is 3.23. The van der Waals surface area contributed by atoms with Gasteiger partial charge in [0.2, 0.25) is 0 Å². The fourth-order valence-corrected chi connectivity index (χ4v) is 4.87. The number of carbonyl (C=O) groups excluding carboxylic acids is 2. The summed E-state index contributed by atoms with van der Waals surface area (Å²) in [6, 6.07) is 22.0. The Morgan fingerprint density at radius 1 is 0.750 bits per heavy atom. The van der Waals surface area contributed by atoms with Gasteiger partial charge in [0, 0.05) is 13.1 Å². The highest BCUT2D eigenvalue weighted by molar-refractivity contribution is 6.45. The summed E-state index contributed by atoms with van der Waals surface area (Å²) in [5.74, 6) is -0.483. The molecule has 0 bridgehead atoms. The van der Waals surface area contributed by atoms with Crippen LogP contribution in [-0.2, 0) is 22.6 Å². The molecule has 0 fully saturated rings. The highest BCUT2D eigenvalue weighted by Gasteiger charge is 2.43. The highest BCUT2D eigenvalue weighted by Crippen LogP contribution is 2.38. The molecule has 0 aromatic heterocycles. The van der Waals surface area contributed by atoms with Crippen LogP contribution in [0.4, 0.5) is 5.69 Å². The number of carbonyl (C=O) groups is 2. The van der Waals surface area contributed by atoms with Crippen molar-refractivity contribution in [2.24, 2.45) is 0 Å². The predicted molar refractivity (Wildman–Crippen MR) is 127 cm³/mol. The van der Waals surface area contributed by atoms with Crippen LogP contribution in [0.15, 0.2) is 72.4 Å². The van der Waals surface area contributed by atoms with E-state index in [0.717, 1.165) is 28.7 Å². The molecular formula is C28H26N2O2. The molecule has 3 aromatic carbocycles. The Hall–Kier alpha value is -3.66. The minimum Gasteiger partial charge on any atom is -0.362 e. The van der Waals surface area contributed by atoms with Gasteiger partial charge in [0.25, 0.3) is 11.8 Å². The summed E-state index contributed by atoms with van der Waals surface area (Å²) in [6.07, 6.45) is 0.853. The molecule has 4 heteroatoms. The minimum atomic E-state index is -0.245. The van der Waals surface area contributed by atoms with Crippen molar-refractivity contribution >= 4 is 23.1 Å². The van der Waals surface area contributed by atoms with E-state index in [4.69, 9.17) is 0 Å². The monoisotopic (exact) mass is 422 g/mol. The van der Waals surface area contributed by atoms with E-state index < -0.39 is 0 Å². The number of aryl methyl sites for hydroxylation is 3. The van der Waals surface area contributed by atoms with Crippen molar-refractivity contribution in [2.45, 2.75) is 33.7 Å². The maximum absolute atomic E-state index is 13.8. The van der Waals surface area contributed by atoms with Crippen LogP contribution in [0.1, 0.15) is 33.4 Å². The van der Waals surface area contributed by atoms with Gasteiger partial charge in [-0.15, -0.1) is 0 Å². The number of benzene rings is 3. The van der Waals surface area contributed by atoms with E-state index in [1.807, 2.05) is 63.2 Å². The summed E-state index contributed by atoms with van der Waals surface area (Å²) in [7, 11) is 0. The Bertz CT molecular complexity index is 1290.